The van der Waals surface area contributed by atoms with E-state index in [4.69, 9.17) is 35.3 Å². The van der Waals surface area contributed by atoms with Crippen molar-refractivity contribution >= 4 is 23.7 Å². The Bertz CT molecular complexity index is 1730. The number of benzene rings is 2. The Morgan fingerprint density at radius 2 is 1.57 bits per heavy atom. The van der Waals surface area contributed by atoms with E-state index in [-0.39, 0.29) is 18.6 Å². The number of fused-ring (bicyclic) bond motifs is 6. The average Bonchev–Trinajstić information content (AvgIpc) is 3.77. The van der Waals surface area contributed by atoms with Crippen LogP contribution in [0.3, 0.4) is 0 Å². The van der Waals surface area contributed by atoms with Crippen molar-refractivity contribution in [3.05, 3.63) is 71.8 Å². The average molecular weight is 847 g/mol. The molecule has 0 aromatic heterocycles. The van der Waals surface area contributed by atoms with Gasteiger partial charge in [-0.05, 0) is 121 Å². The number of rotatable bonds is 16. The molecule has 2 aromatic rings. The van der Waals surface area contributed by atoms with Crippen LogP contribution in [-0.2, 0) is 41.6 Å². The van der Waals surface area contributed by atoms with Crippen LogP contribution < -0.4 is 0 Å². The minimum Gasteiger partial charge on any atom is -0.455 e. The van der Waals surface area contributed by atoms with Gasteiger partial charge in [-0.2, -0.15) is 0 Å². The molecule has 0 unspecified atom stereocenters. The number of alkyl halides is 1. The van der Waals surface area contributed by atoms with Gasteiger partial charge in [0, 0.05) is 6.54 Å². The number of hydrogen-bond donors (Lipinski definition) is 0. The fourth-order valence-electron chi connectivity index (χ4n) is 13.8. The minimum absolute atomic E-state index is 0.0198. The number of nitrogens with zero attached hydrogens (tertiary/aromatic N) is 1. The highest BCUT2D eigenvalue weighted by Gasteiger charge is 2.62. The Hall–Kier alpha value is -2.65. The Labute approximate surface area is 365 Å². The lowest BCUT2D eigenvalue weighted by atomic mass is 9.44. The van der Waals surface area contributed by atoms with E-state index in [0.717, 1.165) is 65.9 Å². The summed E-state index contributed by atoms with van der Waals surface area (Å²) in [6.07, 6.45) is 13.1. The molecule has 6 fully saturated rings. The van der Waals surface area contributed by atoms with Gasteiger partial charge >= 0.3 is 12.1 Å². The minimum atomic E-state index is -0.911. The number of carbonyl (C=O) groups excluding carboxylic acids is 2. The van der Waals surface area contributed by atoms with Crippen LogP contribution in [0.15, 0.2) is 60.7 Å². The molecule has 0 N–H and O–H groups in total. The van der Waals surface area contributed by atoms with Gasteiger partial charge in [0.1, 0.15) is 18.0 Å². The highest BCUT2D eigenvalue weighted by atomic mass is 35.5. The third kappa shape index (κ3) is 9.06. The number of unbranched alkanes of at least 4 members (excludes halogenated alkanes) is 1. The summed E-state index contributed by atoms with van der Waals surface area (Å²) >= 11 is 5.97. The smallest absolute Gasteiger partial charge is 0.411 e. The molecule has 330 valence electrons. The molecule has 2 aliphatic heterocycles. The highest BCUT2D eigenvalue weighted by molar-refractivity contribution is 6.26. The topological polar surface area (TPSA) is 83.5 Å². The molecule has 2 aromatic carbocycles. The predicted octanol–water partition coefficient (Wildman–Crippen LogP) is 11.4. The molecule has 60 heavy (non-hydrogen) atoms. The SMILES string of the molecule is CC(C)CCCC[C@@H](C)[C@H]1CC[C@H]2[C@@H]3CC[C@H]4C[C@@H](O[C@H]5O[C@H](COCc6ccccc6)[C@@H](OC(=O)CCl)[C@@H]6OC(=O)N(Cc7ccccc7)[C@@H]56)CC[C@]4(C)[C@H]3CC[C@]12C. The van der Waals surface area contributed by atoms with Gasteiger partial charge in [0.15, 0.2) is 18.5 Å². The largest absolute Gasteiger partial charge is 0.455 e. The third-order valence-electron chi connectivity index (χ3n) is 16.8. The summed E-state index contributed by atoms with van der Waals surface area (Å²) in [6, 6.07) is 19.2. The summed E-state index contributed by atoms with van der Waals surface area (Å²) in [5.74, 6) is 4.63. The van der Waals surface area contributed by atoms with Crippen LogP contribution in [0.25, 0.3) is 0 Å². The number of esters is 1. The van der Waals surface area contributed by atoms with Crippen LogP contribution in [-0.4, -0.2) is 66.2 Å². The summed E-state index contributed by atoms with van der Waals surface area (Å²) in [6.45, 7) is 13.4. The molecule has 9 heteroatoms. The molecule has 0 bridgehead atoms. The van der Waals surface area contributed by atoms with Gasteiger partial charge in [0.2, 0.25) is 0 Å². The zero-order valence-corrected chi connectivity index (χ0v) is 37.7. The molecule has 2 saturated heterocycles. The molecule has 0 radical (unpaired) electrons. The van der Waals surface area contributed by atoms with Gasteiger partial charge in [-0.25, -0.2) is 4.79 Å². The van der Waals surface area contributed by atoms with Gasteiger partial charge in [-0.15, -0.1) is 11.6 Å². The second-order valence-electron chi connectivity index (χ2n) is 20.7. The monoisotopic (exact) mass is 845 g/mol. The number of carbonyl (C=O) groups is 2. The van der Waals surface area contributed by atoms with E-state index in [2.05, 4.69) is 34.6 Å². The molecule has 8 rings (SSSR count). The summed E-state index contributed by atoms with van der Waals surface area (Å²) in [7, 11) is 0. The van der Waals surface area contributed by atoms with E-state index in [1.54, 1.807) is 4.90 Å². The van der Waals surface area contributed by atoms with E-state index in [0.29, 0.717) is 29.9 Å². The summed E-state index contributed by atoms with van der Waals surface area (Å²) in [4.78, 5) is 28.3. The maximum atomic E-state index is 13.8. The Balaban J connectivity index is 0.969. The van der Waals surface area contributed by atoms with Crippen LogP contribution in [0.2, 0.25) is 0 Å². The van der Waals surface area contributed by atoms with Crippen molar-refractivity contribution < 1.29 is 33.3 Å². The lowest BCUT2D eigenvalue weighted by Crippen LogP contribution is -2.63. The molecule has 14 atom stereocenters. The first-order chi connectivity index (χ1) is 29.0. The summed E-state index contributed by atoms with van der Waals surface area (Å²) in [5.41, 5.74) is 2.78. The van der Waals surface area contributed by atoms with Crippen molar-refractivity contribution in [2.75, 3.05) is 12.5 Å². The number of amides is 1. The molecule has 4 saturated carbocycles. The molecular formula is C51H72ClNO7. The van der Waals surface area contributed by atoms with Crippen LogP contribution in [0.5, 0.6) is 0 Å². The van der Waals surface area contributed by atoms with Crippen molar-refractivity contribution in [1.29, 1.82) is 0 Å². The molecule has 0 spiro atoms. The van der Waals surface area contributed by atoms with E-state index in [1.807, 2.05) is 60.7 Å². The Morgan fingerprint density at radius 3 is 2.30 bits per heavy atom. The van der Waals surface area contributed by atoms with E-state index in [9.17, 15) is 9.59 Å². The second kappa shape index (κ2) is 19.0. The van der Waals surface area contributed by atoms with Crippen LogP contribution in [0, 0.1) is 52.3 Å². The first kappa shape index (κ1) is 44.0. The zero-order chi connectivity index (χ0) is 42.0. The lowest BCUT2D eigenvalue weighted by Gasteiger charge is -2.61. The van der Waals surface area contributed by atoms with Crippen molar-refractivity contribution in [3.8, 4) is 0 Å². The van der Waals surface area contributed by atoms with E-state index >= 15 is 0 Å². The second-order valence-corrected chi connectivity index (χ2v) is 20.9. The molecule has 6 aliphatic rings. The summed E-state index contributed by atoms with van der Waals surface area (Å²) < 4.78 is 32.3. The molecule has 8 nitrogen and oxygen atoms in total. The summed E-state index contributed by atoms with van der Waals surface area (Å²) in [5, 5.41) is 0. The van der Waals surface area contributed by atoms with Crippen molar-refractivity contribution in [1.82, 2.24) is 4.90 Å². The van der Waals surface area contributed by atoms with Gasteiger partial charge in [-0.1, -0.05) is 121 Å². The standard InChI is InChI=1S/C51H72ClNO7/c1-33(2)14-12-13-15-34(3)40-22-23-41-39-21-20-37-28-38(24-26-50(37,4)42(39)25-27-51(40,41)5)57-48-45-47(60-49(55)53(45)30-35-16-8-6-9-17-35)46(59-44(54)29-52)43(58-48)32-56-31-36-18-10-7-11-19-36/h6-11,16-19,33-34,37-43,45-48H,12-15,20-32H2,1-5H3/t34-,37+,38+,39+,40-,41+,42+,43-,45-,46-,47-,48+,50+,51-/m1/s1. The molecular weight excluding hydrogens is 774 g/mol. The molecule has 2 heterocycles. The van der Waals surface area contributed by atoms with Gasteiger partial charge in [-0.3, -0.25) is 9.69 Å². The van der Waals surface area contributed by atoms with E-state index in [1.165, 1.54) is 64.2 Å². The third-order valence-corrected chi connectivity index (χ3v) is 17.0. The zero-order valence-electron chi connectivity index (χ0n) is 37.0. The fraction of sp³-hybridized carbons (Fsp3) is 0.725. The quantitative estimate of drug-likeness (QED) is 0.0720. The van der Waals surface area contributed by atoms with Gasteiger partial charge in [0.25, 0.3) is 0 Å². The lowest BCUT2D eigenvalue weighted by molar-refractivity contribution is -0.292. The first-order valence-corrected chi connectivity index (χ1v) is 24.2. The normalized spacial score (nSPS) is 37.8. The number of ether oxygens (including phenoxy) is 5. The van der Waals surface area contributed by atoms with Crippen molar-refractivity contribution in [3.63, 3.8) is 0 Å². The maximum Gasteiger partial charge on any atom is 0.411 e. The van der Waals surface area contributed by atoms with Crippen molar-refractivity contribution in [2.24, 2.45) is 52.3 Å². The number of hydrogen-bond acceptors (Lipinski definition) is 7. The van der Waals surface area contributed by atoms with Gasteiger partial charge in [0.05, 0.1) is 19.3 Å². The first-order valence-electron chi connectivity index (χ1n) is 23.7. The highest BCUT2D eigenvalue weighted by Crippen LogP contribution is 2.68. The van der Waals surface area contributed by atoms with Crippen molar-refractivity contribution in [2.45, 2.75) is 168 Å². The molecule has 1 amide bonds. The predicted molar refractivity (Wildman–Crippen MR) is 234 cm³/mol. The van der Waals surface area contributed by atoms with E-state index < -0.39 is 42.7 Å². The number of halogens is 1. The fourth-order valence-corrected chi connectivity index (χ4v) is 13.8. The van der Waals surface area contributed by atoms with Crippen LogP contribution in [0.4, 0.5) is 4.79 Å². The maximum absolute atomic E-state index is 13.8. The molecule has 4 aliphatic carbocycles. The van der Waals surface area contributed by atoms with Gasteiger partial charge < -0.3 is 23.7 Å². The van der Waals surface area contributed by atoms with Crippen LogP contribution >= 0.6 is 11.6 Å². The Morgan fingerprint density at radius 1 is 0.867 bits per heavy atom. The van der Waals surface area contributed by atoms with Crippen LogP contribution in [0.1, 0.15) is 129 Å². The Kier molecular flexibility index (Phi) is 13.9.